The summed E-state index contributed by atoms with van der Waals surface area (Å²) in [5, 5.41) is 3.40. The van der Waals surface area contributed by atoms with Crippen LogP contribution < -0.4 is 5.32 Å². The lowest BCUT2D eigenvalue weighted by molar-refractivity contribution is 0.249. The molecule has 0 saturated carbocycles. The monoisotopic (exact) mass is 139 g/mol. The molecule has 1 heteroatoms. The fraction of sp³-hybridized carbons (Fsp3) is 0.778. The van der Waals surface area contributed by atoms with Gasteiger partial charge in [0.15, 0.2) is 0 Å². The molecule has 1 rings (SSSR count). The van der Waals surface area contributed by atoms with Gasteiger partial charge < -0.3 is 5.32 Å². The van der Waals surface area contributed by atoms with Crippen LogP contribution in [0, 0.1) is 11.8 Å². The van der Waals surface area contributed by atoms with Crippen molar-refractivity contribution in [3.05, 3.63) is 12.3 Å². The molecule has 1 aliphatic heterocycles. The Balaban J connectivity index is 2.71. The van der Waals surface area contributed by atoms with Gasteiger partial charge in [0.2, 0.25) is 0 Å². The van der Waals surface area contributed by atoms with Crippen LogP contribution in [0.1, 0.15) is 27.7 Å². The van der Waals surface area contributed by atoms with Gasteiger partial charge in [-0.25, -0.2) is 0 Å². The van der Waals surface area contributed by atoms with Gasteiger partial charge in [0.25, 0.3) is 0 Å². The highest BCUT2D eigenvalue weighted by Gasteiger charge is 2.34. The summed E-state index contributed by atoms with van der Waals surface area (Å²) in [6.45, 7) is 9.06. The van der Waals surface area contributed by atoms with E-state index >= 15 is 0 Å². The van der Waals surface area contributed by atoms with Crippen molar-refractivity contribution in [1.82, 2.24) is 5.32 Å². The maximum atomic E-state index is 3.40. The van der Waals surface area contributed by atoms with Crippen LogP contribution in [0.3, 0.4) is 0 Å². The van der Waals surface area contributed by atoms with Gasteiger partial charge >= 0.3 is 0 Å². The van der Waals surface area contributed by atoms with Crippen LogP contribution in [0.5, 0.6) is 0 Å². The van der Waals surface area contributed by atoms with Crippen molar-refractivity contribution < 1.29 is 0 Å². The first-order valence-corrected chi connectivity index (χ1v) is 4.01. The Labute approximate surface area is 63.5 Å². The third kappa shape index (κ3) is 0.938. The largest absolute Gasteiger partial charge is 0.385 e. The molecule has 0 aromatic rings. The van der Waals surface area contributed by atoms with Crippen molar-refractivity contribution in [2.75, 3.05) is 0 Å². The van der Waals surface area contributed by atoms with E-state index in [1.807, 2.05) is 0 Å². The Bertz CT molecular complexity index is 149. The average molecular weight is 139 g/mol. The van der Waals surface area contributed by atoms with Crippen molar-refractivity contribution >= 4 is 0 Å². The second-order valence-corrected chi connectivity index (χ2v) is 3.73. The minimum atomic E-state index is 0.292. The third-order valence-electron chi connectivity index (χ3n) is 2.92. The Morgan fingerprint density at radius 3 is 2.30 bits per heavy atom. The first kappa shape index (κ1) is 7.64. The molecule has 0 radical (unpaired) electrons. The third-order valence-corrected chi connectivity index (χ3v) is 2.92. The van der Waals surface area contributed by atoms with Crippen LogP contribution in [-0.4, -0.2) is 5.54 Å². The summed E-state index contributed by atoms with van der Waals surface area (Å²) in [5.74, 6) is 1.35. The lowest BCUT2D eigenvalue weighted by Gasteiger charge is -2.34. The molecule has 1 unspecified atom stereocenters. The van der Waals surface area contributed by atoms with E-state index in [1.165, 1.54) is 0 Å². The van der Waals surface area contributed by atoms with Crippen LogP contribution in [0.2, 0.25) is 0 Å². The van der Waals surface area contributed by atoms with Crippen LogP contribution >= 0.6 is 0 Å². The van der Waals surface area contributed by atoms with Gasteiger partial charge in [-0.1, -0.05) is 26.8 Å². The van der Waals surface area contributed by atoms with Crippen LogP contribution in [0.15, 0.2) is 12.3 Å². The summed E-state index contributed by atoms with van der Waals surface area (Å²) in [6.07, 6.45) is 4.31. The number of hydrogen-bond acceptors (Lipinski definition) is 1. The van der Waals surface area contributed by atoms with Gasteiger partial charge in [-0.05, 0) is 25.0 Å². The molecule has 58 valence electrons. The molecule has 0 aromatic carbocycles. The summed E-state index contributed by atoms with van der Waals surface area (Å²) >= 11 is 0. The maximum Gasteiger partial charge on any atom is 0.0423 e. The van der Waals surface area contributed by atoms with Gasteiger partial charge in [0.1, 0.15) is 0 Å². The molecule has 0 amide bonds. The molecule has 0 fully saturated rings. The number of hydrogen-bond donors (Lipinski definition) is 1. The summed E-state index contributed by atoms with van der Waals surface area (Å²) < 4.78 is 0. The zero-order valence-corrected chi connectivity index (χ0v) is 7.31. The van der Waals surface area contributed by atoms with Crippen molar-refractivity contribution in [3.8, 4) is 0 Å². The molecule has 1 heterocycles. The predicted octanol–water partition coefficient (Wildman–Crippen LogP) is 2.15. The van der Waals surface area contributed by atoms with E-state index in [9.17, 15) is 0 Å². The average Bonchev–Trinajstić information content (AvgIpc) is 2.15. The fourth-order valence-electron chi connectivity index (χ4n) is 1.40. The maximum absolute atomic E-state index is 3.40. The summed E-state index contributed by atoms with van der Waals surface area (Å²) in [4.78, 5) is 0. The zero-order chi connectivity index (χ0) is 7.78. The highest BCUT2D eigenvalue weighted by molar-refractivity contribution is 5.09. The van der Waals surface area contributed by atoms with Crippen LogP contribution in [-0.2, 0) is 0 Å². The van der Waals surface area contributed by atoms with Gasteiger partial charge in [-0.3, -0.25) is 0 Å². The minimum Gasteiger partial charge on any atom is -0.385 e. The van der Waals surface area contributed by atoms with Crippen molar-refractivity contribution in [2.24, 2.45) is 11.8 Å². The minimum absolute atomic E-state index is 0.292. The standard InChI is InChI=1S/C9H17N/c1-7(2)9(4)8(3)5-6-10-9/h5-8,10H,1-4H3/t8?,9-/m0/s1. The van der Waals surface area contributed by atoms with Gasteiger partial charge in [0, 0.05) is 5.54 Å². The Morgan fingerprint density at radius 1 is 1.50 bits per heavy atom. The quantitative estimate of drug-likeness (QED) is 0.587. The molecule has 10 heavy (non-hydrogen) atoms. The van der Waals surface area contributed by atoms with Crippen molar-refractivity contribution in [3.63, 3.8) is 0 Å². The van der Waals surface area contributed by atoms with Gasteiger partial charge in [0.05, 0.1) is 0 Å². The second kappa shape index (κ2) is 2.30. The second-order valence-electron chi connectivity index (χ2n) is 3.73. The predicted molar refractivity (Wildman–Crippen MR) is 44.7 cm³/mol. The van der Waals surface area contributed by atoms with Gasteiger partial charge in [-0.2, -0.15) is 0 Å². The first-order valence-electron chi connectivity index (χ1n) is 4.01. The number of nitrogens with one attached hydrogen (secondary N) is 1. The van der Waals surface area contributed by atoms with E-state index in [2.05, 4.69) is 45.3 Å². The first-order chi connectivity index (χ1) is 4.57. The van der Waals surface area contributed by atoms with E-state index < -0.39 is 0 Å². The van der Waals surface area contributed by atoms with E-state index in [1.54, 1.807) is 0 Å². The molecule has 0 aromatic heterocycles. The molecule has 0 spiro atoms. The highest BCUT2D eigenvalue weighted by Crippen LogP contribution is 2.30. The van der Waals surface area contributed by atoms with Crippen molar-refractivity contribution in [2.45, 2.75) is 33.2 Å². The zero-order valence-electron chi connectivity index (χ0n) is 7.31. The number of rotatable bonds is 1. The molecule has 0 aliphatic carbocycles. The Morgan fingerprint density at radius 2 is 2.10 bits per heavy atom. The summed E-state index contributed by atoms with van der Waals surface area (Å²) in [6, 6.07) is 0. The molecule has 1 aliphatic rings. The molecule has 1 nitrogen and oxygen atoms in total. The molecular formula is C9H17N. The Hall–Kier alpha value is -0.460. The highest BCUT2D eigenvalue weighted by atomic mass is 15.0. The van der Waals surface area contributed by atoms with E-state index in [0.29, 0.717) is 17.4 Å². The normalized spacial score (nSPS) is 38.7. The van der Waals surface area contributed by atoms with E-state index in [0.717, 1.165) is 0 Å². The van der Waals surface area contributed by atoms with E-state index in [4.69, 9.17) is 0 Å². The Kier molecular flexibility index (Phi) is 1.76. The smallest absolute Gasteiger partial charge is 0.0423 e. The summed E-state index contributed by atoms with van der Waals surface area (Å²) in [5.41, 5.74) is 0.292. The van der Waals surface area contributed by atoms with Crippen LogP contribution in [0.4, 0.5) is 0 Å². The molecule has 1 N–H and O–H groups in total. The fourth-order valence-corrected chi connectivity index (χ4v) is 1.40. The van der Waals surface area contributed by atoms with E-state index in [-0.39, 0.29) is 0 Å². The topological polar surface area (TPSA) is 12.0 Å². The molecule has 2 atom stereocenters. The lowest BCUT2D eigenvalue weighted by atomic mass is 9.80. The lowest BCUT2D eigenvalue weighted by Crippen LogP contribution is -2.45. The molecular weight excluding hydrogens is 122 g/mol. The summed E-state index contributed by atoms with van der Waals surface area (Å²) in [7, 11) is 0. The SMILES string of the molecule is CC(C)[C@]1(C)NC=CC1C. The van der Waals surface area contributed by atoms with Gasteiger partial charge in [-0.15, -0.1) is 0 Å². The molecule has 0 bridgehead atoms. The van der Waals surface area contributed by atoms with Crippen molar-refractivity contribution in [1.29, 1.82) is 0 Å². The molecule has 0 saturated heterocycles. The van der Waals surface area contributed by atoms with Crippen LogP contribution in [0.25, 0.3) is 0 Å².